The Morgan fingerprint density at radius 3 is 2.79 bits per heavy atom. The lowest BCUT2D eigenvalue weighted by Gasteiger charge is -2.36. The summed E-state index contributed by atoms with van der Waals surface area (Å²) in [5.41, 5.74) is -0.0176. The van der Waals surface area contributed by atoms with Gasteiger partial charge in [0.05, 0.1) is 11.8 Å². The first-order valence-corrected chi connectivity index (χ1v) is 12.9. The van der Waals surface area contributed by atoms with Crippen LogP contribution >= 0.6 is 0 Å². The van der Waals surface area contributed by atoms with Crippen molar-refractivity contribution >= 4 is 21.7 Å². The Labute approximate surface area is 200 Å². The second-order valence-electron chi connectivity index (χ2n) is 9.14. The molecule has 0 radical (unpaired) electrons. The number of hydrogen-bond acceptors (Lipinski definition) is 8. The molecule has 2 aromatic heterocycles. The lowest BCUT2D eigenvalue weighted by Crippen LogP contribution is -2.43. The van der Waals surface area contributed by atoms with E-state index in [9.17, 15) is 13.2 Å². The summed E-state index contributed by atoms with van der Waals surface area (Å²) in [6.07, 6.45) is 7.72. The number of carbonyl (C=O) groups is 1. The van der Waals surface area contributed by atoms with Crippen molar-refractivity contribution < 1.29 is 22.7 Å². The van der Waals surface area contributed by atoms with Gasteiger partial charge in [-0.15, -0.1) is 0 Å². The number of pyridine rings is 2. The fraction of sp³-hybridized carbons (Fsp3) is 0.458. The molecule has 1 N–H and O–H groups in total. The molecule has 4 rings (SSSR count). The van der Waals surface area contributed by atoms with E-state index in [1.807, 2.05) is 6.08 Å². The van der Waals surface area contributed by atoms with Crippen molar-refractivity contribution in [2.24, 2.45) is 5.92 Å². The predicted molar refractivity (Wildman–Crippen MR) is 127 cm³/mol. The van der Waals surface area contributed by atoms with Crippen LogP contribution in [0.3, 0.4) is 0 Å². The average molecular weight is 487 g/mol. The molecule has 9 nitrogen and oxygen atoms in total. The quantitative estimate of drug-likeness (QED) is 0.635. The zero-order valence-electron chi connectivity index (χ0n) is 19.6. The van der Waals surface area contributed by atoms with Crippen LogP contribution in [0.25, 0.3) is 0 Å². The SMILES string of the molecule is CC1CCN(c2ncccc2C(=O)NS(=O)(=O)c2cccc(OCC3CCC=CO3)n2)C1(C)C. The summed E-state index contributed by atoms with van der Waals surface area (Å²) in [6.45, 7) is 7.34. The van der Waals surface area contributed by atoms with Gasteiger partial charge in [-0.25, -0.2) is 9.71 Å². The van der Waals surface area contributed by atoms with Crippen molar-refractivity contribution in [1.82, 2.24) is 14.7 Å². The fourth-order valence-electron chi connectivity index (χ4n) is 4.14. The molecule has 0 spiro atoms. The monoisotopic (exact) mass is 486 g/mol. The van der Waals surface area contributed by atoms with E-state index in [0.29, 0.717) is 11.7 Å². The minimum absolute atomic E-state index is 0.117. The molecular formula is C24H30N4O5S. The molecule has 1 amide bonds. The number of amides is 1. The molecule has 1 fully saturated rings. The third kappa shape index (κ3) is 5.01. The maximum Gasteiger partial charge on any atom is 0.281 e. The number of hydrogen-bond donors (Lipinski definition) is 1. The second kappa shape index (κ2) is 9.61. The van der Waals surface area contributed by atoms with Crippen LogP contribution in [0.5, 0.6) is 5.88 Å². The highest BCUT2D eigenvalue weighted by atomic mass is 32.2. The molecule has 2 atom stereocenters. The Hall–Kier alpha value is -3.14. The van der Waals surface area contributed by atoms with Gasteiger partial charge in [0.2, 0.25) is 5.88 Å². The van der Waals surface area contributed by atoms with Crippen LogP contribution in [0.15, 0.2) is 53.9 Å². The van der Waals surface area contributed by atoms with Gasteiger partial charge in [-0.2, -0.15) is 13.4 Å². The molecule has 0 aromatic carbocycles. The number of carbonyl (C=O) groups excluding carboxylic acids is 1. The predicted octanol–water partition coefficient (Wildman–Crippen LogP) is 3.29. The molecule has 182 valence electrons. The number of nitrogens with zero attached hydrogens (tertiary/aromatic N) is 3. The molecule has 34 heavy (non-hydrogen) atoms. The zero-order chi connectivity index (χ0) is 24.3. The second-order valence-corrected chi connectivity index (χ2v) is 10.8. The highest BCUT2D eigenvalue weighted by Crippen LogP contribution is 2.38. The van der Waals surface area contributed by atoms with Crippen LogP contribution in [-0.4, -0.2) is 49.1 Å². The number of aromatic nitrogens is 2. The first-order valence-electron chi connectivity index (χ1n) is 11.4. The average Bonchev–Trinajstić information content (AvgIpc) is 3.10. The summed E-state index contributed by atoms with van der Waals surface area (Å²) in [5.74, 6) is 0.254. The lowest BCUT2D eigenvalue weighted by molar-refractivity contribution is 0.0711. The van der Waals surface area contributed by atoms with E-state index in [4.69, 9.17) is 9.47 Å². The van der Waals surface area contributed by atoms with E-state index in [-0.39, 0.29) is 34.7 Å². The van der Waals surface area contributed by atoms with Crippen molar-refractivity contribution in [2.45, 2.75) is 56.7 Å². The highest BCUT2D eigenvalue weighted by Gasteiger charge is 2.40. The molecule has 2 aromatic rings. The Bertz CT molecular complexity index is 1180. The number of sulfonamides is 1. The van der Waals surface area contributed by atoms with Crippen LogP contribution < -0.4 is 14.4 Å². The van der Waals surface area contributed by atoms with Crippen molar-refractivity contribution in [3.63, 3.8) is 0 Å². The molecular weight excluding hydrogens is 456 g/mol. The summed E-state index contributed by atoms with van der Waals surface area (Å²) in [5, 5.41) is -0.302. The van der Waals surface area contributed by atoms with Gasteiger partial charge in [-0.1, -0.05) is 13.0 Å². The van der Waals surface area contributed by atoms with Crippen molar-refractivity contribution in [2.75, 3.05) is 18.1 Å². The number of nitrogens with one attached hydrogen (secondary N) is 1. The molecule has 2 unspecified atom stereocenters. The molecule has 0 aliphatic carbocycles. The standard InChI is InChI=1S/C24H30N4O5S/c1-17-12-14-28(24(17,2)3)22-19(9-7-13-25-22)23(29)27-34(30,31)21-11-6-10-20(26-21)33-16-18-8-4-5-15-32-18/h5-7,9-11,13,15,17-18H,4,8,12,14,16H2,1-3H3,(H,27,29). The minimum Gasteiger partial charge on any atom is -0.495 e. The molecule has 1 saturated heterocycles. The van der Waals surface area contributed by atoms with E-state index in [2.05, 4.69) is 40.4 Å². The maximum absolute atomic E-state index is 13.1. The molecule has 2 aliphatic heterocycles. The van der Waals surface area contributed by atoms with Crippen LogP contribution in [-0.2, 0) is 14.8 Å². The number of allylic oxidation sites excluding steroid dienone is 1. The number of rotatable bonds is 7. The Kier molecular flexibility index (Phi) is 6.79. The third-order valence-electron chi connectivity index (χ3n) is 6.61. The van der Waals surface area contributed by atoms with E-state index in [0.717, 1.165) is 25.8 Å². The first-order chi connectivity index (χ1) is 16.2. The van der Waals surface area contributed by atoms with Gasteiger partial charge >= 0.3 is 0 Å². The van der Waals surface area contributed by atoms with E-state index >= 15 is 0 Å². The van der Waals surface area contributed by atoms with Gasteiger partial charge in [0.25, 0.3) is 15.9 Å². The van der Waals surface area contributed by atoms with Crippen LogP contribution in [0.4, 0.5) is 5.82 Å². The minimum atomic E-state index is -4.23. The zero-order valence-corrected chi connectivity index (χ0v) is 20.4. The molecule has 10 heteroatoms. The van der Waals surface area contributed by atoms with Gasteiger partial charge in [0.15, 0.2) is 5.03 Å². The van der Waals surface area contributed by atoms with E-state index in [1.165, 1.54) is 12.1 Å². The summed E-state index contributed by atoms with van der Waals surface area (Å²) in [6, 6.07) is 7.60. The van der Waals surface area contributed by atoms with E-state index < -0.39 is 15.9 Å². The summed E-state index contributed by atoms with van der Waals surface area (Å²) >= 11 is 0. The van der Waals surface area contributed by atoms with Gasteiger partial charge in [0, 0.05) is 24.3 Å². The smallest absolute Gasteiger partial charge is 0.281 e. The van der Waals surface area contributed by atoms with Crippen LogP contribution in [0.1, 0.15) is 50.4 Å². The highest BCUT2D eigenvalue weighted by molar-refractivity contribution is 7.90. The summed E-state index contributed by atoms with van der Waals surface area (Å²) in [4.78, 5) is 23.6. The Balaban J connectivity index is 1.50. The molecule has 2 aliphatic rings. The maximum atomic E-state index is 13.1. The summed E-state index contributed by atoms with van der Waals surface area (Å²) < 4.78 is 39.2. The van der Waals surface area contributed by atoms with Crippen molar-refractivity contribution in [3.05, 3.63) is 54.4 Å². The molecule has 4 heterocycles. The van der Waals surface area contributed by atoms with Gasteiger partial charge in [-0.3, -0.25) is 4.79 Å². The Morgan fingerprint density at radius 1 is 1.26 bits per heavy atom. The topological polar surface area (TPSA) is 111 Å². The van der Waals surface area contributed by atoms with Gasteiger partial charge < -0.3 is 14.4 Å². The number of ether oxygens (including phenoxy) is 2. The molecule has 0 saturated carbocycles. The fourth-order valence-corrected chi connectivity index (χ4v) is 5.07. The van der Waals surface area contributed by atoms with Crippen molar-refractivity contribution in [3.8, 4) is 5.88 Å². The van der Waals surface area contributed by atoms with Crippen LogP contribution in [0.2, 0.25) is 0 Å². The first kappa shape index (κ1) is 24.0. The third-order valence-corrected chi connectivity index (χ3v) is 7.85. The normalized spacial score (nSPS) is 21.7. The summed E-state index contributed by atoms with van der Waals surface area (Å²) in [7, 11) is -4.23. The molecule has 0 bridgehead atoms. The van der Waals surface area contributed by atoms with E-state index in [1.54, 1.807) is 30.7 Å². The largest absolute Gasteiger partial charge is 0.495 e. The van der Waals surface area contributed by atoms with Gasteiger partial charge in [0.1, 0.15) is 18.5 Å². The number of anilines is 1. The lowest BCUT2D eigenvalue weighted by atomic mass is 9.90. The van der Waals surface area contributed by atoms with Gasteiger partial charge in [-0.05, 0) is 63.3 Å². The van der Waals surface area contributed by atoms with Crippen molar-refractivity contribution in [1.29, 1.82) is 0 Å². The van der Waals surface area contributed by atoms with Crippen LogP contribution in [0, 0.1) is 5.92 Å². The Morgan fingerprint density at radius 2 is 2.09 bits per heavy atom.